The zero-order chi connectivity index (χ0) is 14.1. The number of benzene rings is 1. The molecule has 0 saturated heterocycles. The van der Waals surface area contributed by atoms with Crippen LogP contribution in [0.5, 0.6) is 5.75 Å². The Bertz CT molecular complexity index is 795. The minimum atomic E-state index is -0.417. The van der Waals surface area contributed by atoms with Crippen molar-refractivity contribution < 1.29 is 9.66 Å². The molecule has 2 aromatic heterocycles. The highest BCUT2D eigenvalue weighted by molar-refractivity contribution is 5.67. The quantitative estimate of drug-likeness (QED) is 0.541. The van der Waals surface area contributed by atoms with Gasteiger partial charge in [-0.25, -0.2) is 4.98 Å². The molecular formula is C14H11N3O3. The SMILES string of the molecule is COc1cccn2cc(-c3cccc([N+](=O)[O-])c3)nc12. The highest BCUT2D eigenvalue weighted by atomic mass is 16.6. The van der Waals surface area contributed by atoms with Crippen LogP contribution in [0.3, 0.4) is 0 Å². The van der Waals surface area contributed by atoms with Gasteiger partial charge < -0.3 is 9.14 Å². The minimum Gasteiger partial charge on any atom is -0.493 e. The van der Waals surface area contributed by atoms with E-state index in [4.69, 9.17) is 4.74 Å². The lowest BCUT2D eigenvalue weighted by Gasteiger charge is -1.99. The van der Waals surface area contributed by atoms with Crippen LogP contribution in [0, 0.1) is 10.1 Å². The molecule has 3 aromatic rings. The molecule has 0 N–H and O–H groups in total. The van der Waals surface area contributed by atoms with Gasteiger partial charge in [-0.3, -0.25) is 10.1 Å². The molecule has 0 aliphatic heterocycles. The van der Waals surface area contributed by atoms with E-state index in [1.54, 1.807) is 19.2 Å². The molecule has 3 rings (SSSR count). The zero-order valence-corrected chi connectivity index (χ0v) is 10.7. The Labute approximate surface area is 114 Å². The second-order valence-corrected chi connectivity index (χ2v) is 4.24. The Morgan fingerprint density at radius 2 is 2.15 bits per heavy atom. The van der Waals surface area contributed by atoms with Crippen molar-refractivity contribution in [1.29, 1.82) is 0 Å². The highest BCUT2D eigenvalue weighted by Crippen LogP contribution is 2.26. The number of ether oxygens (including phenoxy) is 1. The first kappa shape index (κ1) is 12.2. The predicted octanol–water partition coefficient (Wildman–Crippen LogP) is 2.92. The molecule has 0 atom stereocenters. The van der Waals surface area contributed by atoms with E-state index in [1.165, 1.54) is 12.1 Å². The first-order valence-corrected chi connectivity index (χ1v) is 5.95. The van der Waals surface area contributed by atoms with Gasteiger partial charge in [0.25, 0.3) is 5.69 Å². The first-order chi connectivity index (χ1) is 9.69. The maximum atomic E-state index is 10.8. The third-order valence-electron chi connectivity index (χ3n) is 3.02. The van der Waals surface area contributed by atoms with Crippen LogP contribution in [0.2, 0.25) is 0 Å². The maximum Gasteiger partial charge on any atom is 0.270 e. The fourth-order valence-electron chi connectivity index (χ4n) is 2.06. The van der Waals surface area contributed by atoms with E-state index in [0.29, 0.717) is 22.7 Å². The van der Waals surface area contributed by atoms with Crippen LogP contribution in [-0.4, -0.2) is 21.4 Å². The standard InChI is InChI=1S/C14H11N3O3/c1-20-13-6-3-7-16-9-12(15-14(13)16)10-4-2-5-11(8-10)17(18)19/h2-9H,1H3. The van der Waals surface area contributed by atoms with Crippen molar-refractivity contribution in [2.24, 2.45) is 0 Å². The van der Waals surface area contributed by atoms with Crippen LogP contribution in [0.4, 0.5) is 5.69 Å². The molecule has 100 valence electrons. The summed E-state index contributed by atoms with van der Waals surface area (Å²) in [6, 6.07) is 10.1. The summed E-state index contributed by atoms with van der Waals surface area (Å²) in [7, 11) is 1.58. The van der Waals surface area contributed by atoms with Gasteiger partial charge in [0.05, 0.1) is 17.7 Å². The average Bonchev–Trinajstić information content (AvgIpc) is 2.91. The number of fused-ring (bicyclic) bond motifs is 1. The summed E-state index contributed by atoms with van der Waals surface area (Å²) in [5.41, 5.74) is 2.09. The minimum absolute atomic E-state index is 0.0477. The summed E-state index contributed by atoms with van der Waals surface area (Å²) in [6.45, 7) is 0. The highest BCUT2D eigenvalue weighted by Gasteiger charge is 2.11. The molecule has 0 aliphatic rings. The summed E-state index contributed by atoms with van der Waals surface area (Å²) in [4.78, 5) is 14.9. The van der Waals surface area contributed by atoms with E-state index >= 15 is 0 Å². The number of pyridine rings is 1. The van der Waals surface area contributed by atoms with Crippen molar-refractivity contribution in [2.45, 2.75) is 0 Å². The Kier molecular flexibility index (Phi) is 2.83. The largest absolute Gasteiger partial charge is 0.493 e. The number of rotatable bonds is 3. The van der Waals surface area contributed by atoms with Crippen molar-refractivity contribution in [3.05, 3.63) is 58.9 Å². The lowest BCUT2D eigenvalue weighted by atomic mass is 10.1. The topological polar surface area (TPSA) is 69.7 Å². The van der Waals surface area contributed by atoms with E-state index in [0.717, 1.165) is 0 Å². The number of imidazole rings is 1. The molecule has 0 unspecified atom stereocenters. The van der Waals surface area contributed by atoms with E-state index in [2.05, 4.69) is 4.98 Å². The molecule has 0 aliphatic carbocycles. The number of hydrogen-bond donors (Lipinski definition) is 0. The molecule has 1 aromatic carbocycles. The normalized spacial score (nSPS) is 10.7. The second kappa shape index (κ2) is 4.65. The van der Waals surface area contributed by atoms with Gasteiger partial charge in [0, 0.05) is 30.1 Å². The lowest BCUT2D eigenvalue weighted by molar-refractivity contribution is -0.384. The number of nitro benzene ring substituents is 1. The summed E-state index contributed by atoms with van der Waals surface area (Å²) < 4.78 is 7.07. The van der Waals surface area contributed by atoms with Crippen molar-refractivity contribution in [2.75, 3.05) is 7.11 Å². The van der Waals surface area contributed by atoms with E-state index in [1.807, 2.05) is 28.9 Å². The monoisotopic (exact) mass is 269 g/mol. The third kappa shape index (κ3) is 1.97. The maximum absolute atomic E-state index is 10.8. The van der Waals surface area contributed by atoms with Gasteiger partial charge in [0.2, 0.25) is 0 Å². The molecule has 2 heterocycles. The number of aromatic nitrogens is 2. The number of methoxy groups -OCH3 is 1. The molecule has 6 heteroatoms. The zero-order valence-electron chi connectivity index (χ0n) is 10.7. The van der Waals surface area contributed by atoms with E-state index in [-0.39, 0.29) is 5.69 Å². The van der Waals surface area contributed by atoms with Crippen molar-refractivity contribution in [1.82, 2.24) is 9.38 Å². The number of nitro groups is 1. The molecule has 6 nitrogen and oxygen atoms in total. The molecule has 0 amide bonds. The summed E-state index contributed by atoms with van der Waals surface area (Å²) >= 11 is 0. The number of non-ortho nitro benzene ring substituents is 1. The van der Waals surface area contributed by atoms with Crippen LogP contribution in [0.1, 0.15) is 0 Å². The summed E-state index contributed by atoms with van der Waals surface area (Å²) in [5.74, 6) is 0.657. The fraction of sp³-hybridized carbons (Fsp3) is 0.0714. The Morgan fingerprint density at radius 3 is 2.90 bits per heavy atom. The van der Waals surface area contributed by atoms with E-state index in [9.17, 15) is 10.1 Å². The first-order valence-electron chi connectivity index (χ1n) is 5.95. The average molecular weight is 269 g/mol. The smallest absolute Gasteiger partial charge is 0.270 e. The summed E-state index contributed by atoms with van der Waals surface area (Å²) in [5, 5.41) is 10.8. The van der Waals surface area contributed by atoms with Crippen LogP contribution in [0.15, 0.2) is 48.8 Å². The van der Waals surface area contributed by atoms with Gasteiger partial charge in [0.1, 0.15) is 0 Å². The van der Waals surface area contributed by atoms with Gasteiger partial charge in [0.15, 0.2) is 11.4 Å². The Hall–Kier alpha value is -2.89. The van der Waals surface area contributed by atoms with Gasteiger partial charge in [-0.1, -0.05) is 12.1 Å². The molecule has 20 heavy (non-hydrogen) atoms. The lowest BCUT2D eigenvalue weighted by Crippen LogP contribution is -1.88. The molecule has 0 radical (unpaired) electrons. The molecule has 0 saturated carbocycles. The predicted molar refractivity (Wildman–Crippen MR) is 73.8 cm³/mol. The van der Waals surface area contributed by atoms with Crippen molar-refractivity contribution in [3.8, 4) is 17.0 Å². The van der Waals surface area contributed by atoms with Crippen LogP contribution >= 0.6 is 0 Å². The molecule has 0 bridgehead atoms. The van der Waals surface area contributed by atoms with Gasteiger partial charge in [-0.05, 0) is 12.1 Å². The second-order valence-electron chi connectivity index (χ2n) is 4.24. The third-order valence-corrected chi connectivity index (χ3v) is 3.02. The number of hydrogen-bond acceptors (Lipinski definition) is 4. The van der Waals surface area contributed by atoms with E-state index < -0.39 is 4.92 Å². The van der Waals surface area contributed by atoms with Crippen LogP contribution < -0.4 is 4.74 Å². The Morgan fingerprint density at radius 1 is 1.30 bits per heavy atom. The van der Waals surface area contributed by atoms with Crippen molar-refractivity contribution >= 4 is 11.3 Å². The van der Waals surface area contributed by atoms with Crippen molar-refractivity contribution in [3.63, 3.8) is 0 Å². The molecular weight excluding hydrogens is 258 g/mol. The van der Waals surface area contributed by atoms with Gasteiger partial charge in [-0.2, -0.15) is 0 Å². The van der Waals surface area contributed by atoms with Gasteiger partial charge in [-0.15, -0.1) is 0 Å². The summed E-state index contributed by atoms with van der Waals surface area (Å²) in [6.07, 6.45) is 3.67. The van der Waals surface area contributed by atoms with Crippen LogP contribution in [0.25, 0.3) is 16.9 Å². The molecule has 0 spiro atoms. The van der Waals surface area contributed by atoms with Crippen LogP contribution in [-0.2, 0) is 0 Å². The fourth-order valence-corrected chi connectivity index (χ4v) is 2.06. The van der Waals surface area contributed by atoms with Gasteiger partial charge >= 0.3 is 0 Å². The molecule has 0 fully saturated rings. The Balaban J connectivity index is 2.15. The number of nitrogens with zero attached hydrogens (tertiary/aromatic N) is 3.